The molecule has 1 atom stereocenters. The number of aromatic nitrogens is 2. The summed E-state index contributed by atoms with van der Waals surface area (Å²) < 4.78 is 11.1. The third kappa shape index (κ3) is 4.04. The third-order valence-electron chi connectivity index (χ3n) is 1.72. The van der Waals surface area contributed by atoms with Crippen LogP contribution in [0, 0.1) is 11.3 Å². The molecule has 80 valence electrons. The van der Waals surface area contributed by atoms with E-state index in [9.17, 15) is 4.21 Å². The maximum absolute atomic E-state index is 11.1. The van der Waals surface area contributed by atoms with Crippen molar-refractivity contribution in [2.24, 2.45) is 0 Å². The van der Waals surface area contributed by atoms with E-state index < -0.39 is 10.8 Å². The molecule has 5 nitrogen and oxygen atoms in total. The van der Waals surface area contributed by atoms with Gasteiger partial charge in [-0.05, 0) is 0 Å². The SMILES string of the molecule is CCS(=O)CCNc1cnc(C#N)cn1. The lowest BCUT2D eigenvalue weighted by Crippen LogP contribution is -2.12. The van der Waals surface area contributed by atoms with E-state index >= 15 is 0 Å². The second-order valence-electron chi connectivity index (χ2n) is 2.76. The fraction of sp³-hybridized carbons (Fsp3) is 0.444. The third-order valence-corrected chi connectivity index (χ3v) is 3.03. The number of hydrogen-bond donors (Lipinski definition) is 1. The van der Waals surface area contributed by atoms with Gasteiger partial charge in [-0.2, -0.15) is 5.26 Å². The highest BCUT2D eigenvalue weighted by atomic mass is 32.2. The van der Waals surface area contributed by atoms with Gasteiger partial charge in [0, 0.05) is 28.9 Å². The van der Waals surface area contributed by atoms with Crippen molar-refractivity contribution in [2.75, 3.05) is 23.4 Å². The molecule has 1 heterocycles. The molecule has 0 aromatic carbocycles. The van der Waals surface area contributed by atoms with Crippen molar-refractivity contribution < 1.29 is 4.21 Å². The number of hydrogen-bond acceptors (Lipinski definition) is 5. The topological polar surface area (TPSA) is 78.7 Å². The summed E-state index contributed by atoms with van der Waals surface area (Å²) in [6, 6.07) is 1.89. The molecule has 0 aliphatic carbocycles. The number of anilines is 1. The van der Waals surface area contributed by atoms with Crippen LogP contribution in [0.5, 0.6) is 0 Å². The van der Waals surface area contributed by atoms with Gasteiger partial charge in [0.25, 0.3) is 0 Å². The maximum Gasteiger partial charge on any atom is 0.158 e. The first-order chi connectivity index (χ1) is 7.26. The summed E-state index contributed by atoms with van der Waals surface area (Å²) in [6.45, 7) is 2.48. The van der Waals surface area contributed by atoms with Crippen LogP contribution in [0.3, 0.4) is 0 Å². The summed E-state index contributed by atoms with van der Waals surface area (Å²) in [5.41, 5.74) is 0.290. The molecule has 0 spiro atoms. The summed E-state index contributed by atoms with van der Waals surface area (Å²) in [4.78, 5) is 7.83. The molecule has 0 saturated carbocycles. The van der Waals surface area contributed by atoms with E-state index in [2.05, 4.69) is 15.3 Å². The lowest BCUT2D eigenvalue weighted by Gasteiger charge is -2.03. The molecule has 0 aliphatic heterocycles. The molecule has 0 amide bonds. The molecular weight excluding hydrogens is 212 g/mol. The average Bonchev–Trinajstić information content (AvgIpc) is 2.29. The fourth-order valence-corrected chi connectivity index (χ4v) is 1.53. The monoisotopic (exact) mass is 224 g/mol. The number of nitriles is 1. The van der Waals surface area contributed by atoms with Gasteiger partial charge in [0.1, 0.15) is 11.9 Å². The Morgan fingerprint density at radius 1 is 1.53 bits per heavy atom. The van der Waals surface area contributed by atoms with Gasteiger partial charge >= 0.3 is 0 Å². The van der Waals surface area contributed by atoms with E-state index in [0.29, 0.717) is 23.9 Å². The summed E-state index contributed by atoms with van der Waals surface area (Å²) in [6.07, 6.45) is 2.90. The molecule has 6 heteroatoms. The quantitative estimate of drug-likeness (QED) is 0.789. The molecule has 1 aromatic heterocycles. The first-order valence-corrected chi connectivity index (χ1v) is 6.06. The van der Waals surface area contributed by atoms with Gasteiger partial charge in [-0.1, -0.05) is 6.92 Å². The summed E-state index contributed by atoms with van der Waals surface area (Å²) in [5.74, 6) is 1.86. The Labute approximate surface area is 91.0 Å². The van der Waals surface area contributed by atoms with E-state index in [0.717, 1.165) is 0 Å². The van der Waals surface area contributed by atoms with Crippen molar-refractivity contribution in [2.45, 2.75) is 6.92 Å². The van der Waals surface area contributed by atoms with E-state index in [4.69, 9.17) is 5.26 Å². The normalized spacial score (nSPS) is 11.7. The molecule has 1 aromatic rings. The van der Waals surface area contributed by atoms with Gasteiger partial charge in [-0.3, -0.25) is 4.21 Å². The molecule has 15 heavy (non-hydrogen) atoms. The van der Waals surface area contributed by atoms with E-state index in [-0.39, 0.29) is 5.69 Å². The van der Waals surface area contributed by atoms with Crippen LogP contribution < -0.4 is 5.32 Å². The Morgan fingerprint density at radius 3 is 2.87 bits per heavy atom. The minimum atomic E-state index is -0.770. The van der Waals surface area contributed by atoms with Crippen molar-refractivity contribution in [3.63, 3.8) is 0 Å². The van der Waals surface area contributed by atoms with Crippen LogP contribution in [0.2, 0.25) is 0 Å². The Balaban J connectivity index is 2.38. The molecule has 0 radical (unpaired) electrons. The number of nitrogens with one attached hydrogen (secondary N) is 1. The largest absolute Gasteiger partial charge is 0.368 e. The van der Waals surface area contributed by atoms with E-state index in [1.54, 1.807) is 0 Å². The van der Waals surface area contributed by atoms with Crippen LogP contribution in [0.4, 0.5) is 5.82 Å². The first-order valence-electron chi connectivity index (χ1n) is 4.57. The lowest BCUT2D eigenvalue weighted by atomic mass is 10.5. The Bertz CT molecular complexity index is 371. The van der Waals surface area contributed by atoms with Gasteiger partial charge in [-0.15, -0.1) is 0 Å². The summed E-state index contributed by atoms with van der Waals surface area (Å²) in [7, 11) is -0.770. The smallest absolute Gasteiger partial charge is 0.158 e. The zero-order valence-corrected chi connectivity index (χ0v) is 9.25. The summed E-state index contributed by atoms with van der Waals surface area (Å²) >= 11 is 0. The molecular formula is C9H12N4OS. The van der Waals surface area contributed by atoms with E-state index in [1.165, 1.54) is 12.4 Å². The number of nitrogens with zero attached hydrogens (tertiary/aromatic N) is 3. The zero-order valence-electron chi connectivity index (χ0n) is 8.43. The van der Waals surface area contributed by atoms with Gasteiger partial charge in [0.05, 0.1) is 12.4 Å². The Kier molecular flexibility index (Phi) is 4.71. The molecule has 0 fully saturated rings. The Hall–Kier alpha value is -1.48. The fourth-order valence-electron chi connectivity index (χ4n) is 0.914. The first kappa shape index (κ1) is 11.6. The van der Waals surface area contributed by atoms with Crippen molar-refractivity contribution in [1.29, 1.82) is 5.26 Å². The molecule has 1 N–H and O–H groups in total. The van der Waals surface area contributed by atoms with Gasteiger partial charge < -0.3 is 5.32 Å². The highest BCUT2D eigenvalue weighted by molar-refractivity contribution is 7.84. The second kappa shape index (κ2) is 6.09. The van der Waals surface area contributed by atoms with Crippen LogP contribution in [0.15, 0.2) is 12.4 Å². The molecule has 1 unspecified atom stereocenters. The molecule has 0 bridgehead atoms. The number of rotatable bonds is 5. The highest BCUT2D eigenvalue weighted by Gasteiger charge is 1.98. The average molecular weight is 224 g/mol. The predicted octanol–water partition coefficient (Wildman–Crippen LogP) is 0.529. The maximum atomic E-state index is 11.1. The van der Waals surface area contributed by atoms with Crippen LogP contribution >= 0.6 is 0 Å². The standard InChI is InChI=1S/C9H12N4OS/c1-2-15(14)4-3-11-9-7-12-8(5-10)6-13-9/h6-7H,2-4H2,1H3,(H,11,13). The van der Waals surface area contributed by atoms with Crippen molar-refractivity contribution >= 4 is 16.6 Å². The lowest BCUT2D eigenvalue weighted by molar-refractivity contribution is 0.684. The predicted molar refractivity (Wildman–Crippen MR) is 58.8 cm³/mol. The van der Waals surface area contributed by atoms with Crippen LogP contribution in [-0.4, -0.2) is 32.2 Å². The minimum Gasteiger partial charge on any atom is -0.368 e. The van der Waals surface area contributed by atoms with Gasteiger partial charge in [0.15, 0.2) is 5.69 Å². The highest BCUT2D eigenvalue weighted by Crippen LogP contribution is 1.99. The van der Waals surface area contributed by atoms with E-state index in [1.807, 2.05) is 13.0 Å². The van der Waals surface area contributed by atoms with Crippen LogP contribution in [-0.2, 0) is 10.8 Å². The van der Waals surface area contributed by atoms with Crippen molar-refractivity contribution in [3.8, 4) is 6.07 Å². The summed E-state index contributed by atoms with van der Waals surface area (Å²) in [5, 5.41) is 11.5. The second-order valence-corrected chi connectivity index (χ2v) is 4.62. The van der Waals surface area contributed by atoms with Crippen LogP contribution in [0.25, 0.3) is 0 Å². The zero-order chi connectivity index (χ0) is 11.1. The Morgan fingerprint density at radius 2 is 2.33 bits per heavy atom. The molecule has 0 saturated heterocycles. The van der Waals surface area contributed by atoms with Gasteiger partial charge in [-0.25, -0.2) is 9.97 Å². The van der Waals surface area contributed by atoms with Crippen LogP contribution in [0.1, 0.15) is 12.6 Å². The van der Waals surface area contributed by atoms with Crippen molar-refractivity contribution in [3.05, 3.63) is 18.1 Å². The molecule has 0 aliphatic rings. The molecule has 1 rings (SSSR count). The van der Waals surface area contributed by atoms with Crippen molar-refractivity contribution in [1.82, 2.24) is 9.97 Å². The van der Waals surface area contributed by atoms with Gasteiger partial charge in [0.2, 0.25) is 0 Å². The minimum absolute atomic E-state index is 0.290.